The van der Waals surface area contributed by atoms with Crippen molar-refractivity contribution in [1.82, 2.24) is 4.90 Å². The van der Waals surface area contributed by atoms with Gasteiger partial charge in [0.25, 0.3) is 0 Å². The summed E-state index contributed by atoms with van der Waals surface area (Å²) in [4.78, 5) is 14.3. The molecule has 0 saturated carbocycles. The molecule has 2 aromatic rings. The highest BCUT2D eigenvalue weighted by Gasteiger charge is 2.28. The van der Waals surface area contributed by atoms with Crippen LogP contribution in [0, 0.1) is 11.7 Å². The number of nitrogens with zero attached hydrogens (tertiary/aromatic N) is 1. The first-order valence-electron chi connectivity index (χ1n) is 8.91. The van der Waals surface area contributed by atoms with E-state index in [1.54, 1.807) is 17.0 Å². The fraction of sp³-hybridized carbons (Fsp3) is 0.381. The zero-order chi connectivity index (χ0) is 18.5. The summed E-state index contributed by atoms with van der Waals surface area (Å²) in [6.07, 6.45) is 1.20. The van der Waals surface area contributed by atoms with Gasteiger partial charge in [0.2, 0.25) is 5.91 Å². The molecule has 0 radical (unpaired) electrons. The molecule has 0 aliphatic carbocycles. The third-order valence-corrected chi connectivity index (χ3v) is 5.05. The molecule has 1 saturated heterocycles. The third-order valence-electron chi connectivity index (χ3n) is 5.05. The van der Waals surface area contributed by atoms with E-state index in [0.717, 1.165) is 18.4 Å². The van der Waals surface area contributed by atoms with Gasteiger partial charge in [-0.15, -0.1) is 0 Å². The van der Waals surface area contributed by atoms with Gasteiger partial charge in [0.15, 0.2) is 11.6 Å². The molecule has 26 heavy (non-hydrogen) atoms. The molecular formula is C21H24FNO3. The summed E-state index contributed by atoms with van der Waals surface area (Å²) in [7, 11) is 1.41. The Kier molecular flexibility index (Phi) is 5.89. The number of piperidine rings is 1. The van der Waals surface area contributed by atoms with Crippen LogP contribution >= 0.6 is 0 Å². The van der Waals surface area contributed by atoms with Crippen LogP contribution in [0.3, 0.4) is 0 Å². The Morgan fingerprint density at radius 3 is 2.54 bits per heavy atom. The summed E-state index contributed by atoms with van der Waals surface area (Å²) in [5, 5.41) is 10.5. The minimum atomic E-state index is -0.496. The predicted octanol–water partition coefficient (Wildman–Crippen LogP) is 3.35. The Bertz CT molecular complexity index is 742. The molecule has 1 heterocycles. The highest BCUT2D eigenvalue weighted by Crippen LogP contribution is 2.30. The maximum absolute atomic E-state index is 13.8. The summed E-state index contributed by atoms with van der Waals surface area (Å²) >= 11 is 0. The molecule has 1 aliphatic rings. The summed E-state index contributed by atoms with van der Waals surface area (Å²) in [6, 6.07) is 14.2. The number of ether oxygens (including phenoxy) is 1. The average Bonchev–Trinajstić information content (AvgIpc) is 2.68. The molecule has 1 aliphatic heterocycles. The van der Waals surface area contributed by atoms with Gasteiger partial charge in [-0.1, -0.05) is 36.4 Å². The van der Waals surface area contributed by atoms with Crippen molar-refractivity contribution in [3.63, 3.8) is 0 Å². The van der Waals surface area contributed by atoms with Crippen molar-refractivity contribution >= 4 is 5.91 Å². The van der Waals surface area contributed by atoms with Gasteiger partial charge >= 0.3 is 0 Å². The molecule has 138 valence electrons. The Hall–Kier alpha value is -2.40. The van der Waals surface area contributed by atoms with Crippen molar-refractivity contribution in [3.05, 3.63) is 65.5 Å². The number of halogens is 1. The fourth-order valence-electron chi connectivity index (χ4n) is 3.49. The zero-order valence-electron chi connectivity index (χ0n) is 14.9. The van der Waals surface area contributed by atoms with E-state index >= 15 is 0 Å². The van der Waals surface area contributed by atoms with E-state index in [1.165, 1.54) is 13.2 Å². The molecule has 1 fully saturated rings. The molecule has 4 nitrogen and oxygen atoms in total. The monoisotopic (exact) mass is 357 g/mol. The van der Waals surface area contributed by atoms with Gasteiger partial charge in [-0.05, 0) is 42.0 Å². The SMILES string of the molecule is COc1ccc(CC(=O)N2CCC(C(O)c3ccccc3)CC2)cc1F. The van der Waals surface area contributed by atoms with Gasteiger partial charge in [-0.2, -0.15) is 0 Å². The van der Waals surface area contributed by atoms with E-state index in [9.17, 15) is 14.3 Å². The third kappa shape index (κ3) is 4.22. The number of hydrogen-bond donors (Lipinski definition) is 1. The molecule has 2 aromatic carbocycles. The second-order valence-electron chi connectivity index (χ2n) is 6.72. The van der Waals surface area contributed by atoms with Crippen LogP contribution < -0.4 is 4.74 Å². The second-order valence-corrected chi connectivity index (χ2v) is 6.72. The van der Waals surface area contributed by atoms with Crippen molar-refractivity contribution < 1.29 is 19.0 Å². The highest BCUT2D eigenvalue weighted by atomic mass is 19.1. The molecule has 1 unspecified atom stereocenters. The van der Waals surface area contributed by atoms with E-state index < -0.39 is 11.9 Å². The molecule has 5 heteroatoms. The second kappa shape index (κ2) is 8.32. The molecule has 1 N–H and O–H groups in total. The molecule has 0 aromatic heterocycles. The van der Waals surface area contributed by atoms with Crippen molar-refractivity contribution in [2.45, 2.75) is 25.4 Å². The van der Waals surface area contributed by atoms with Crippen LogP contribution in [0.5, 0.6) is 5.75 Å². The predicted molar refractivity (Wildman–Crippen MR) is 97.4 cm³/mol. The number of aliphatic hydroxyl groups is 1. The highest BCUT2D eigenvalue weighted by molar-refractivity contribution is 5.78. The fourth-order valence-corrected chi connectivity index (χ4v) is 3.49. The lowest BCUT2D eigenvalue weighted by Gasteiger charge is -2.34. The van der Waals surface area contributed by atoms with Crippen LogP contribution in [0.2, 0.25) is 0 Å². The molecule has 0 spiro atoms. The van der Waals surface area contributed by atoms with E-state index in [1.807, 2.05) is 30.3 Å². The Morgan fingerprint density at radius 2 is 1.92 bits per heavy atom. The maximum atomic E-state index is 13.8. The average molecular weight is 357 g/mol. The van der Waals surface area contributed by atoms with Crippen LogP contribution in [0.15, 0.2) is 48.5 Å². The smallest absolute Gasteiger partial charge is 0.226 e. The van der Waals surface area contributed by atoms with Crippen LogP contribution in [0.1, 0.15) is 30.1 Å². The molecule has 3 rings (SSSR count). The molecular weight excluding hydrogens is 333 g/mol. The largest absolute Gasteiger partial charge is 0.494 e. The van der Waals surface area contributed by atoms with Gasteiger partial charge in [0.1, 0.15) is 0 Å². The maximum Gasteiger partial charge on any atom is 0.226 e. The van der Waals surface area contributed by atoms with E-state index in [2.05, 4.69) is 0 Å². The van der Waals surface area contributed by atoms with Crippen molar-refractivity contribution in [3.8, 4) is 5.75 Å². The van der Waals surface area contributed by atoms with Crippen molar-refractivity contribution in [2.24, 2.45) is 5.92 Å². The molecule has 1 atom stereocenters. The number of methoxy groups -OCH3 is 1. The van der Waals surface area contributed by atoms with Gasteiger partial charge in [0, 0.05) is 13.1 Å². The first-order valence-corrected chi connectivity index (χ1v) is 8.91. The first-order chi connectivity index (χ1) is 12.6. The lowest BCUT2D eigenvalue weighted by atomic mass is 9.87. The number of benzene rings is 2. The molecule has 0 bridgehead atoms. The zero-order valence-corrected chi connectivity index (χ0v) is 14.9. The van der Waals surface area contributed by atoms with E-state index in [-0.39, 0.29) is 24.0 Å². The van der Waals surface area contributed by atoms with Crippen LogP contribution in [-0.4, -0.2) is 36.1 Å². The topological polar surface area (TPSA) is 49.8 Å². The number of rotatable bonds is 5. The van der Waals surface area contributed by atoms with Crippen LogP contribution in [-0.2, 0) is 11.2 Å². The summed E-state index contributed by atoms with van der Waals surface area (Å²) in [5.41, 5.74) is 1.56. The van der Waals surface area contributed by atoms with Crippen LogP contribution in [0.25, 0.3) is 0 Å². The first kappa shape index (κ1) is 18.4. The Morgan fingerprint density at radius 1 is 1.23 bits per heavy atom. The number of hydrogen-bond acceptors (Lipinski definition) is 3. The van der Waals surface area contributed by atoms with Gasteiger partial charge < -0.3 is 14.7 Å². The van der Waals surface area contributed by atoms with Crippen molar-refractivity contribution in [2.75, 3.05) is 20.2 Å². The number of carbonyl (C=O) groups is 1. The van der Waals surface area contributed by atoms with Crippen LogP contribution in [0.4, 0.5) is 4.39 Å². The number of carbonyl (C=O) groups excluding carboxylic acids is 1. The summed E-state index contributed by atoms with van der Waals surface area (Å²) < 4.78 is 18.7. The van der Waals surface area contributed by atoms with E-state index in [4.69, 9.17) is 4.74 Å². The standard InChI is InChI=1S/C21H24FNO3/c1-26-19-8-7-15(13-18(19)22)14-20(24)23-11-9-17(10-12-23)21(25)16-5-3-2-4-6-16/h2-8,13,17,21,25H,9-12,14H2,1H3. The summed E-state index contributed by atoms with van der Waals surface area (Å²) in [5.74, 6) is -0.137. The minimum absolute atomic E-state index is 0.0118. The molecule has 1 amide bonds. The number of amides is 1. The quantitative estimate of drug-likeness (QED) is 0.893. The number of likely N-dealkylation sites (tertiary alicyclic amines) is 1. The lowest BCUT2D eigenvalue weighted by molar-refractivity contribution is -0.132. The number of aliphatic hydroxyl groups excluding tert-OH is 1. The Labute approximate surface area is 153 Å². The lowest BCUT2D eigenvalue weighted by Crippen LogP contribution is -2.40. The van der Waals surface area contributed by atoms with Gasteiger partial charge in [-0.3, -0.25) is 4.79 Å². The Balaban J connectivity index is 1.54. The van der Waals surface area contributed by atoms with Gasteiger partial charge in [-0.25, -0.2) is 4.39 Å². The van der Waals surface area contributed by atoms with Crippen molar-refractivity contribution in [1.29, 1.82) is 0 Å². The summed E-state index contributed by atoms with van der Waals surface area (Å²) in [6.45, 7) is 1.23. The van der Waals surface area contributed by atoms with Gasteiger partial charge in [0.05, 0.1) is 19.6 Å². The normalized spacial score (nSPS) is 16.3. The van der Waals surface area contributed by atoms with E-state index in [0.29, 0.717) is 18.7 Å². The minimum Gasteiger partial charge on any atom is -0.494 e.